The molecule has 1 radical (unpaired) electrons. The first kappa shape index (κ1) is 11.5. The summed E-state index contributed by atoms with van der Waals surface area (Å²) < 4.78 is 0. The zero-order valence-corrected chi connectivity index (χ0v) is 7.50. The van der Waals surface area contributed by atoms with Gasteiger partial charge in [-0.15, -0.1) is 0 Å². The van der Waals surface area contributed by atoms with Crippen molar-refractivity contribution in [3.8, 4) is 0 Å². The molecule has 0 aromatic carbocycles. The van der Waals surface area contributed by atoms with Crippen LogP contribution >= 0.6 is 0 Å². The van der Waals surface area contributed by atoms with Crippen LogP contribution in [0.2, 0.25) is 0 Å². The summed E-state index contributed by atoms with van der Waals surface area (Å²) in [7, 11) is 0. The van der Waals surface area contributed by atoms with Crippen LogP contribution in [0.25, 0.3) is 0 Å². The van der Waals surface area contributed by atoms with Crippen molar-refractivity contribution in [1.29, 1.82) is 0 Å². The minimum Gasteiger partial charge on any atom is -0.539 e. The molecule has 0 aliphatic rings. The Hall–Kier alpha value is 0.694. The van der Waals surface area contributed by atoms with Gasteiger partial charge in [0.15, 0.2) is 0 Å². The van der Waals surface area contributed by atoms with E-state index in [9.17, 15) is 4.79 Å². The summed E-state index contributed by atoms with van der Waals surface area (Å²) in [6, 6.07) is -0.502. The van der Waals surface area contributed by atoms with E-state index < -0.39 is 12.1 Å². The second-order valence-electron chi connectivity index (χ2n) is 1.42. The third kappa shape index (κ3) is 4.84. The molecule has 0 aliphatic carbocycles. The molecular weight excluding hydrogens is 183 g/mol. The molecule has 8 heavy (non-hydrogen) atoms. The molecule has 0 amide bonds. The van der Waals surface area contributed by atoms with Gasteiger partial charge in [-0.05, 0) is 13.0 Å². The summed E-state index contributed by atoms with van der Waals surface area (Å²) in [6.45, 7) is 1.54. The van der Waals surface area contributed by atoms with E-state index in [4.69, 9.17) is 10.8 Å². The van der Waals surface area contributed by atoms with Gasteiger partial charge in [0, 0.05) is 38.8 Å². The fourth-order valence-corrected chi connectivity index (χ4v) is 0.107. The summed E-state index contributed by atoms with van der Waals surface area (Å²) in [4.78, 5) is 9.49. The van der Waals surface area contributed by atoms with Crippen molar-refractivity contribution in [1.82, 2.24) is 0 Å². The van der Waals surface area contributed by atoms with E-state index in [1.165, 1.54) is 13.2 Å². The molecule has 4 heteroatoms. The van der Waals surface area contributed by atoms with Gasteiger partial charge in [-0.2, -0.15) is 0 Å². The Morgan fingerprint density at radius 3 is 2.12 bits per heavy atom. The number of rotatable bonds is 2. The molecule has 2 atom stereocenters. The third-order valence-electron chi connectivity index (χ3n) is 0.619. The smallest absolute Gasteiger partial charge is 0.00227 e. The van der Waals surface area contributed by atoms with Crippen LogP contribution in [0.1, 0.15) is 6.92 Å². The van der Waals surface area contributed by atoms with Gasteiger partial charge in [-0.1, -0.05) is 0 Å². The summed E-state index contributed by atoms with van der Waals surface area (Å²) in [5, 5.41) is 8.39. The first-order chi connectivity index (χ1) is 3.18. The van der Waals surface area contributed by atoms with E-state index in [1.54, 1.807) is 0 Å². The van der Waals surface area contributed by atoms with Crippen molar-refractivity contribution in [3.05, 3.63) is 0 Å². The van der Waals surface area contributed by atoms with Gasteiger partial charge in [-0.25, -0.2) is 6.29 Å². The summed E-state index contributed by atoms with van der Waals surface area (Å²) in [5.74, 6) is 0. The largest absolute Gasteiger partial charge is 0.539 e. The Kier molecular flexibility index (Phi) is 8.36. The van der Waals surface area contributed by atoms with Crippen LogP contribution in [-0.2, 0) is 37.5 Å². The van der Waals surface area contributed by atoms with Crippen molar-refractivity contribution < 1.29 is 42.6 Å². The van der Waals surface area contributed by atoms with Gasteiger partial charge in [0.05, 0.1) is 0 Å². The predicted octanol–water partition coefficient (Wildman–Crippen LogP) is -1.20. The fraction of sp³-hybridized carbons (Fsp3) is 0.750. The van der Waals surface area contributed by atoms with E-state index in [1.807, 2.05) is 0 Å². The van der Waals surface area contributed by atoms with Gasteiger partial charge < -0.3 is 15.6 Å². The molecule has 0 saturated carbocycles. The number of hydrogen-bond donors (Lipinski definition) is 2. The third-order valence-corrected chi connectivity index (χ3v) is 0.619. The average molecular weight is 191 g/mol. The molecule has 0 aromatic rings. The Morgan fingerprint density at radius 2 is 2.12 bits per heavy atom. The van der Waals surface area contributed by atoms with Crippen LogP contribution in [0.3, 0.4) is 0 Å². The number of hydrogen-bond acceptors (Lipinski definition) is 3. The SMILES string of the molecule is CC(N)C(O)[C-]=O.[Y]. The minimum absolute atomic E-state index is 0. The number of carbonyl (C=O) groups excluding carboxylic acids is 1. The molecule has 0 aromatic heterocycles. The standard InChI is InChI=1S/C4H8NO2.Y/c1-3(5)4(7)2-6;/h3-4,7H,5H2,1H3;/q-1;. The van der Waals surface area contributed by atoms with Crippen LogP contribution in [-0.4, -0.2) is 23.5 Å². The second-order valence-corrected chi connectivity index (χ2v) is 1.42. The number of aliphatic hydroxyl groups is 1. The fourth-order valence-electron chi connectivity index (χ4n) is 0.107. The molecule has 0 bridgehead atoms. The normalized spacial score (nSPS) is 15.9. The Balaban J connectivity index is 0. The quantitative estimate of drug-likeness (QED) is 0.539. The number of aliphatic hydroxyl groups excluding tert-OH is 1. The molecule has 0 aliphatic heterocycles. The molecule has 2 unspecified atom stereocenters. The average Bonchev–Trinajstić information content (AvgIpc) is 1.65. The van der Waals surface area contributed by atoms with Crippen molar-refractivity contribution in [3.63, 3.8) is 0 Å². The van der Waals surface area contributed by atoms with E-state index in [0.29, 0.717) is 0 Å². The van der Waals surface area contributed by atoms with E-state index in [2.05, 4.69) is 0 Å². The molecule has 0 saturated heterocycles. The predicted molar refractivity (Wildman–Crippen MR) is 25.3 cm³/mol. The van der Waals surface area contributed by atoms with Crippen molar-refractivity contribution in [2.24, 2.45) is 5.73 Å². The van der Waals surface area contributed by atoms with Gasteiger partial charge >= 0.3 is 0 Å². The molecule has 0 fully saturated rings. The molecule has 45 valence electrons. The first-order valence-corrected chi connectivity index (χ1v) is 2.00. The van der Waals surface area contributed by atoms with E-state index in [-0.39, 0.29) is 32.7 Å². The van der Waals surface area contributed by atoms with Crippen LogP contribution in [0.5, 0.6) is 0 Å². The monoisotopic (exact) mass is 191 g/mol. The van der Waals surface area contributed by atoms with Crippen molar-refractivity contribution >= 4 is 6.29 Å². The molecular formula is C4H8NO2Y-. The maximum absolute atomic E-state index is 9.49. The number of nitrogens with two attached hydrogens (primary N) is 1. The summed E-state index contributed by atoms with van der Waals surface area (Å²) in [6.07, 6.45) is 0.220. The summed E-state index contributed by atoms with van der Waals surface area (Å²) in [5.41, 5.74) is 5.03. The van der Waals surface area contributed by atoms with Crippen LogP contribution < -0.4 is 5.73 Å². The molecule has 3 N–H and O–H groups in total. The van der Waals surface area contributed by atoms with Gasteiger partial charge in [0.2, 0.25) is 0 Å². The van der Waals surface area contributed by atoms with Gasteiger partial charge in [0.1, 0.15) is 0 Å². The van der Waals surface area contributed by atoms with Crippen molar-refractivity contribution in [2.45, 2.75) is 19.1 Å². The van der Waals surface area contributed by atoms with E-state index in [0.717, 1.165) is 0 Å². The van der Waals surface area contributed by atoms with Crippen LogP contribution in [0, 0.1) is 0 Å². The maximum Gasteiger partial charge on any atom is 0.00227 e. The molecule has 0 spiro atoms. The van der Waals surface area contributed by atoms with Crippen LogP contribution in [0.4, 0.5) is 0 Å². The van der Waals surface area contributed by atoms with Crippen molar-refractivity contribution in [2.75, 3.05) is 0 Å². The Labute approximate surface area is 73.5 Å². The summed E-state index contributed by atoms with van der Waals surface area (Å²) >= 11 is 0. The van der Waals surface area contributed by atoms with Crippen LogP contribution in [0.15, 0.2) is 0 Å². The second kappa shape index (κ2) is 5.82. The molecule has 3 nitrogen and oxygen atoms in total. The first-order valence-electron chi connectivity index (χ1n) is 2.00. The van der Waals surface area contributed by atoms with Gasteiger partial charge in [-0.3, -0.25) is 0 Å². The van der Waals surface area contributed by atoms with E-state index >= 15 is 0 Å². The van der Waals surface area contributed by atoms with Gasteiger partial charge in [0.25, 0.3) is 0 Å². The maximum atomic E-state index is 9.49. The molecule has 0 heterocycles. The topological polar surface area (TPSA) is 63.3 Å². The Bertz CT molecular complexity index is 67.1. The Morgan fingerprint density at radius 1 is 1.75 bits per heavy atom. The molecule has 0 rings (SSSR count). The zero-order valence-electron chi connectivity index (χ0n) is 4.66. The minimum atomic E-state index is -1.13. The zero-order chi connectivity index (χ0) is 5.86.